The fraction of sp³-hybridized carbons (Fsp3) is 0. The number of anilines is 5. The van der Waals surface area contributed by atoms with E-state index in [0.29, 0.717) is 0 Å². The van der Waals surface area contributed by atoms with Crippen LogP contribution in [0.3, 0.4) is 0 Å². The van der Waals surface area contributed by atoms with Crippen molar-refractivity contribution in [2.24, 2.45) is 0 Å². The Hall–Kier alpha value is -12.8. The predicted octanol–water partition coefficient (Wildman–Crippen LogP) is 29.1. The van der Waals surface area contributed by atoms with Crippen LogP contribution in [0.5, 0.6) is 0 Å². The molecular formula is C96H61BrN4O2S2. The first-order valence-corrected chi connectivity index (χ1v) is 37.6. The molecule has 0 amide bonds. The van der Waals surface area contributed by atoms with Gasteiger partial charge in [-0.2, -0.15) is 0 Å². The highest BCUT2D eigenvalue weighted by molar-refractivity contribution is 9.10. The lowest BCUT2D eigenvalue weighted by Crippen LogP contribution is -2.09. The van der Waals surface area contributed by atoms with E-state index in [9.17, 15) is 0 Å². The lowest BCUT2D eigenvalue weighted by molar-refractivity contribution is 0.669. The SMILES string of the molecule is Brc1ccc2c(c1)oc1c(-c3ccc4c5ccccc5n(-c5ccccc5)c4c3)cccc12.c1ccc(N(c2ccc3c(c2)oc2c(-c4ccc5c6ccccc6n(-c6ccccc6)c5c4)cccc23)c2ccc3c(c2)sc2ccccc23)cc1.c1ccc(Nc2ccc3c(c2)sc2ccccc23)cc1. The van der Waals surface area contributed by atoms with Crippen molar-refractivity contribution in [2.45, 2.75) is 0 Å². The molecule has 0 spiro atoms. The largest absolute Gasteiger partial charge is 0.455 e. The Bertz CT molecular complexity index is 7090. The van der Waals surface area contributed by atoms with Gasteiger partial charge in [0.05, 0.1) is 22.1 Å². The van der Waals surface area contributed by atoms with E-state index in [1.807, 2.05) is 46.9 Å². The second-order valence-corrected chi connectivity index (χ2v) is 29.6. The molecular weight excluding hydrogens is 1390 g/mol. The molecule has 496 valence electrons. The van der Waals surface area contributed by atoms with Gasteiger partial charge in [0, 0.05) is 145 Å². The number of thiophene rings is 2. The van der Waals surface area contributed by atoms with Gasteiger partial charge >= 0.3 is 0 Å². The Balaban J connectivity index is 0.000000117. The highest BCUT2D eigenvalue weighted by Gasteiger charge is 2.22. The van der Waals surface area contributed by atoms with Gasteiger partial charge in [0.2, 0.25) is 0 Å². The van der Waals surface area contributed by atoms with Crippen molar-refractivity contribution in [1.82, 2.24) is 9.13 Å². The van der Waals surface area contributed by atoms with Gasteiger partial charge in [-0.25, -0.2) is 0 Å². The average Bonchev–Trinajstić information content (AvgIpc) is 1.60. The average molecular weight is 1450 g/mol. The van der Waals surface area contributed by atoms with E-state index in [1.165, 1.54) is 84.0 Å². The number of rotatable bonds is 9. The van der Waals surface area contributed by atoms with Crippen LogP contribution in [0.1, 0.15) is 0 Å². The molecule has 0 fully saturated rings. The van der Waals surface area contributed by atoms with Crippen LogP contribution < -0.4 is 10.2 Å². The standard InChI is InChI=1S/C48H30N2OS.C30H18BrNO.C18H13NS/c1-3-12-32(13-4-1)49(35-24-27-41-40-17-8-10-21-46(40)52-47(41)30-35)34-23-26-39-42-19-11-18-36(48(42)51-45(39)29-34)31-22-25-38-37-16-7-9-20-43(37)50(44(38)28-31)33-14-5-2-6-15-33;31-20-14-16-25-26-11-6-10-22(30(26)33-29(25)18-20)19-13-15-24-23-9-4-5-12-27(23)32(28(24)17-19)21-7-2-1-3-8-21;1-2-6-13(7-3-1)19-14-10-11-16-15-8-4-5-9-17(15)20-18(16)12-14/h1-30H;1-18H;1-12,19H. The molecule has 0 atom stereocenters. The van der Waals surface area contributed by atoms with Crippen LogP contribution in [-0.2, 0) is 0 Å². The van der Waals surface area contributed by atoms with Crippen LogP contribution in [0.4, 0.5) is 28.4 Å². The maximum Gasteiger partial charge on any atom is 0.143 e. The molecule has 0 saturated carbocycles. The summed E-state index contributed by atoms with van der Waals surface area (Å²) in [5.41, 5.74) is 20.6. The van der Waals surface area contributed by atoms with Gasteiger partial charge in [0.1, 0.15) is 22.3 Å². The zero-order chi connectivity index (χ0) is 69.5. The van der Waals surface area contributed by atoms with Crippen LogP contribution in [0.15, 0.2) is 377 Å². The summed E-state index contributed by atoms with van der Waals surface area (Å²) in [5.74, 6) is 0. The van der Waals surface area contributed by atoms with Crippen LogP contribution in [0.2, 0.25) is 0 Å². The molecule has 0 aliphatic rings. The number of halogens is 1. The third kappa shape index (κ3) is 11.0. The van der Waals surface area contributed by atoms with Crippen LogP contribution in [-0.4, -0.2) is 9.13 Å². The molecule has 0 radical (unpaired) electrons. The molecule has 6 aromatic heterocycles. The first-order chi connectivity index (χ1) is 52.0. The van der Waals surface area contributed by atoms with E-state index in [4.69, 9.17) is 8.83 Å². The zero-order valence-electron chi connectivity index (χ0n) is 56.5. The smallest absolute Gasteiger partial charge is 0.143 e. The molecule has 0 aliphatic carbocycles. The highest BCUT2D eigenvalue weighted by atomic mass is 79.9. The van der Waals surface area contributed by atoms with Gasteiger partial charge in [-0.3, -0.25) is 0 Å². The predicted molar refractivity (Wildman–Crippen MR) is 451 cm³/mol. The summed E-state index contributed by atoms with van der Waals surface area (Å²) in [4.78, 5) is 2.33. The van der Waals surface area contributed by atoms with Crippen LogP contribution >= 0.6 is 38.6 Å². The molecule has 0 unspecified atom stereocenters. The van der Waals surface area contributed by atoms with Crippen LogP contribution in [0, 0.1) is 0 Å². The molecule has 9 heteroatoms. The molecule has 6 heterocycles. The molecule has 6 nitrogen and oxygen atoms in total. The molecule has 22 rings (SSSR count). The van der Waals surface area contributed by atoms with E-state index in [-0.39, 0.29) is 0 Å². The van der Waals surface area contributed by atoms with Crippen molar-refractivity contribution in [2.75, 3.05) is 10.2 Å². The quantitative estimate of drug-likeness (QED) is 0.156. The van der Waals surface area contributed by atoms with Crippen LogP contribution in [0.25, 0.3) is 161 Å². The van der Waals surface area contributed by atoms with E-state index < -0.39 is 0 Å². The normalized spacial score (nSPS) is 11.7. The molecule has 22 aromatic rings. The van der Waals surface area contributed by atoms with E-state index in [2.05, 4.69) is 375 Å². The monoisotopic (exact) mass is 1440 g/mol. The van der Waals surface area contributed by atoms with Crippen molar-refractivity contribution in [1.29, 1.82) is 0 Å². The summed E-state index contributed by atoms with van der Waals surface area (Å²) in [6, 6.07) is 129. The fourth-order valence-electron chi connectivity index (χ4n) is 15.5. The first kappa shape index (κ1) is 62.1. The third-order valence-electron chi connectivity index (χ3n) is 20.3. The Morgan fingerprint density at radius 1 is 0.267 bits per heavy atom. The summed E-state index contributed by atoms with van der Waals surface area (Å²) < 4.78 is 24.2. The summed E-state index contributed by atoms with van der Waals surface area (Å²) in [7, 11) is 0. The van der Waals surface area contributed by atoms with E-state index >= 15 is 0 Å². The minimum absolute atomic E-state index is 0.864. The van der Waals surface area contributed by atoms with Gasteiger partial charge < -0.3 is 28.2 Å². The van der Waals surface area contributed by atoms with E-state index in [1.54, 1.807) is 0 Å². The number of benzene rings is 16. The Kier molecular flexibility index (Phi) is 15.3. The van der Waals surface area contributed by atoms with Crippen molar-refractivity contribution >= 4 is 195 Å². The minimum atomic E-state index is 0.864. The summed E-state index contributed by atoms with van der Waals surface area (Å²) in [6.45, 7) is 0. The number of furan rings is 2. The number of aromatic nitrogens is 2. The van der Waals surface area contributed by atoms with Crippen molar-refractivity contribution in [3.63, 3.8) is 0 Å². The molecule has 0 aliphatic heterocycles. The maximum atomic E-state index is 6.87. The summed E-state index contributed by atoms with van der Waals surface area (Å²) in [6.07, 6.45) is 0. The van der Waals surface area contributed by atoms with Gasteiger partial charge in [0.15, 0.2) is 0 Å². The number of para-hydroxylation sites is 8. The van der Waals surface area contributed by atoms with Crippen molar-refractivity contribution < 1.29 is 8.83 Å². The lowest BCUT2D eigenvalue weighted by atomic mass is 10.0. The summed E-state index contributed by atoms with van der Waals surface area (Å²) in [5, 5.41) is 18.2. The van der Waals surface area contributed by atoms with Crippen molar-refractivity contribution in [3.05, 3.63) is 368 Å². The first-order valence-electron chi connectivity index (χ1n) is 35.2. The van der Waals surface area contributed by atoms with Gasteiger partial charge in [-0.1, -0.05) is 234 Å². The number of nitrogens with one attached hydrogen (secondary N) is 1. The number of hydrogen-bond acceptors (Lipinski definition) is 6. The van der Waals surface area contributed by atoms with Crippen molar-refractivity contribution in [3.8, 4) is 33.6 Å². The topological polar surface area (TPSA) is 51.4 Å². The molecule has 0 bridgehead atoms. The van der Waals surface area contributed by atoms with Gasteiger partial charge in [0.25, 0.3) is 0 Å². The lowest BCUT2D eigenvalue weighted by Gasteiger charge is -2.25. The maximum absolute atomic E-state index is 6.87. The fourth-order valence-corrected chi connectivity index (χ4v) is 18.1. The molecule has 16 aromatic carbocycles. The highest BCUT2D eigenvalue weighted by Crippen LogP contribution is 2.46. The number of fused-ring (bicyclic) bond motifs is 18. The Morgan fingerprint density at radius 3 is 1.24 bits per heavy atom. The second kappa shape index (κ2) is 25.9. The zero-order valence-corrected chi connectivity index (χ0v) is 59.7. The number of hydrogen-bond donors (Lipinski definition) is 1. The van der Waals surface area contributed by atoms with E-state index in [0.717, 1.165) is 110 Å². The van der Waals surface area contributed by atoms with Gasteiger partial charge in [-0.05, 0) is 151 Å². The Labute approximate surface area is 620 Å². The molecule has 105 heavy (non-hydrogen) atoms. The third-order valence-corrected chi connectivity index (χ3v) is 23.0. The molecule has 0 saturated heterocycles. The number of nitrogens with zero attached hydrogens (tertiary/aromatic N) is 3. The second-order valence-electron chi connectivity index (χ2n) is 26.5. The molecule has 1 N–H and O–H groups in total. The van der Waals surface area contributed by atoms with Gasteiger partial charge in [-0.15, -0.1) is 22.7 Å². The summed E-state index contributed by atoms with van der Waals surface area (Å²) >= 11 is 7.25. The Morgan fingerprint density at radius 2 is 0.676 bits per heavy atom. The minimum Gasteiger partial charge on any atom is -0.455 e.